The molecule has 34 heavy (non-hydrogen) atoms. The molecule has 0 saturated carbocycles. The van der Waals surface area contributed by atoms with Crippen LogP contribution in [-0.2, 0) is 9.59 Å². The van der Waals surface area contributed by atoms with Crippen LogP contribution < -0.4 is 19.3 Å². The van der Waals surface area contributed by atoms with Gasteiger partial charge >= 0.3 is 0 Å². The molecule has 2 heterocycles. The van der Waals surface area contributed by atoms with Crippen molar-refractivity contribution in [2.75, 3.05) is 35.5 Å². The number of thioether (sulfide) groups is 2. The van der Waals surface area contributed by atoms with Crippen molar-refractivity contribution in [1.29, 1.82) is 0 Å². The maximum atomic E-state index is 12.8. The van der Waals surface area contributed by atoms with Gasteiger partial charge in [0.15, 0.2) is 0 Å². The van der Waals surface area contributed by atoms with Crippen LogP contribution in [0.1, 0.15) is 21.9 Å². The molecule has 0 bridgehead atoms. The molecule has 2 fully saturated rings. The molecule has 6 nitrogen and oxygen atoms in total. The zero-order valence-electron chi connectivity index (χ0n) is 18.8. The number of carbonyl (C=O) groups is 2. The van der Waals surface area contributed by atoms with Crippen molar-refractivity contribution in [3.8, 4) is 11.5 Å². The standard InChI is InChI=1S/C26H24N2O4S2/c1-31-21-11-3-17(4-12-21)25-27(23(29)15-33-25)19-7-9-20(10-8-19)28-24(30)16-34-26(28)18-5-13-22(32-2)14-6-18/h3-14,25-26H,15-16H2,1-2H3/t25-,26+. The molecule has 0 spiro atoms. The van der Waals surface area contributed by atoms with Gasteiger partial charge in [-0.15, -0.1) is 23.5 Å². The molecule has 2 atom stereocenters. The molecule has 0 aromatic heterocycles. The zero-order chi connectivity index (χ0) is 23.7. The maximum Gasteiger partial charge on any atom is 0.238 e. The number of nitrogens with zero attached hydrogens (tertiary/aromatic N) is 2. The molecule has 0 aliphatic carbocycles. The second-order valence-corrected chi connectivity index (χ2v) is 10.1. The highest BCUT2D eigenvalue weighted by Crippen LogP contribution is 2.45. The van der Waals surface area contributed by atoms with Gasteiger partial charge in [0.05, 0.1) is 25.7 Å². The quantitative estimate of drug-likeness (QED) is 0.468. The average molecular weight is 493 g/mol. The fraction of sp³-hybridized carbons (Fsp3) is 0.231. The molecule has 5 rings (SSSR count). The van der Waals surface area contributed by atoms with Gasteiger partial charge in [-0.3, -0.25) is 19.4 Å². The van der Waals surface area contributed by atoms with Gasteiger partial charge in [0.1, 0.15) is 22.2 Å². The molecule has 0 N–H and O–H groups in total. The normalized spacial score (nSPS) is 20.2. The van der Waals surface area contributed by atoms with E-state index in [1.54, 1.807) is 37.7 Å². The first-order valence-electron chi connectivity index (χ1n) is 10.8. The van der Waals surface area contributed by atoms with Gasteiger partial charge in [0.2, 0.25) is 11.8 Å². The van der Waals surface area contributed by atoms with Crippen LogP contribution >= 0.6 is 23.5 Å². The Balaban J connectivity index is 1.40. The Labute approximate surface area is 207 Å². The van der Waals surface area contributed by atoms with Gasteiger partial charge in [-0.1, -0.05) is 24.3 Å². The van der Waals surface area contributed by atoms with Crippen LogP contribution in [-0.4, -0.2) is 37.5 Å². The summed E-state index contributed by atoms with van der Waals surface area (Å²) in [6.45, 7) is 0. The second kappa shape index (κ2) is 9.64. The lowest BCUT2D eigenvalue weighted by molar-refractivity contribution is -0.116. The van der Waals surface area contributed by atoms with Crippen molar-refractivity contribution in [3.63, 3.8) is 0 Å². The molecule has 3 aromatic rings. The largest absolute Gasteiger partial charge is 0.497 e. The number of carbonyl (C=O) groups excluding carboxylic acids is 2. The number of hydrogen-bond donors (Lipinski definition) is 0. The van der Waals surface area contributed by atoms with E-state index in [-0.39, 0.29) is 22.6 Å². The minimum absolute atomic E-state index is 0.0717. The first-order valence-corrected chi connectivity index (χ1v) is 12.9. The van der Waals surface area contributed by atoms with E-state index in [0.29, 0.717) is 11.5 Å². The minimum atomic E-state index is -0.0970. The number of ether oxygens (including phenoxy) is 2. The monoisotopic (exact) mass is 492 g/mol. The summed E-state index contributed by atoms with van der Waals surface area (Å²) in [6, 6.07) is 23.3. The van der Waals surface area contributed by atoms with Crippen molar-refractivity contribution in [3.05, 3.63) is 83.9 Å². The zero-order valence-corrected chi connectivity index (χ0v) is 20.5. The topological polar surface area (TPSA) is 59.1 Å². The summed E-state index contributed by atoms with van der Waals surface area (Å²) >= 11 is 3.22. The third-order valence-electron chi connectivity index (χ3n) is 5.94. The summed E-state index contributed by atoms with van der Waals surface area (Å²) in [5, 5.41) is -0.194. The Morgan fingerprint density at radius 3 is 1.29 bits per heavy atom. The molecular weight excluding hydrogens is 468 g/mol. The van der Waals surface area contributed by atoms with E-state index in [1.807, 2.05) is 82.6 Å². The number of anilines is 2. The molecule has 174 valence electrons. The Morgan fingerprint density at radius 1 is 0.618 bits per heavy atom. The molecule has 8 heteroatoms. The van der Waals surface area contributed by atoms with Crippen LogP contribution in [0.25, 0.3) is 0 Å². The number of amides is 2. The lowest BCUT2D eigenvalue weighted by atomic mass is 10.1. The van der Waals surface area contributed by atoms with Crippen molar-refractivity contribution in [2.45, 2.75) is 10.7 Å². The molecule has 0 unspecified atom stereocenters. The SMILES string of the molecule is COc1ccc([C@H]2SCC(=O)N2c2ccc(N3C(=O)CS[C@H]3c3ccc(OC)cc3)cc2)cc1. The Morgan fingerprint density at radius 2 is 0.971 bits per heavy atom. The Kier molecular flexibility index (Phi) is 6.43. The number of benzene rings is 3. The summed E-state index contributed by atoms with van der Waals surface area (Å²) in [5.41, 5.74) is 3.73. The van der Waals surface area contributed by atoms with Crippen molar-refractivity contribution >= 4 is 46.7 Å². The summed E-state index contributed by atoms with van der Waals surface area (Å²) in [5.74, 6) is 2.57. The van der Waals surface area contributed by atoms with Crippen LogP contribution in [0.5, 0.6) is 11.5 Å². The first-order chi connectivity index (χ1) is 16.6. The van der Waals surface area contributed by atoms with Gasteiger partial charge < -0.3 is 9.47 Å². The summed E-state index contributed by atoms with van der Waals surface area (Å²) < 4.78 is 10.5. The molecule has 2 aliphatic rings. The highest BCUT2D eigenvalue weighted by Gasteiger charge is 2.36. The lowest BCUT2D eigenvalue weighted by Gasteiger charge is -2.27. The second-order valence-electron chi connectivity index (χ2n) is 7.92. The van der Waals surface area contributed by atoms with Gasteiger partial charge in [-0.2, -0.15) is 0 Å². The third kappa shape index (κ3) is 4.23. The van der Waals surface area contributed by atoms with Crippen LogP contribution in [0.4, 0.5) is 11.4 Å². The minimum Gasteiger partial charge on any atom is -0.497 e. The Hall–Kier alpha value is -3.10. The molecule has 3 aromatic carbocycles. The average Bonchev–Trinajstić information content (AvgIpc) is 3.46. The van der Waals surface area contributed by atoms with E-state index in [2.05, 4.69) is 0 Å². The molecular formula is C26H24N2O4S2. The fourth-order valence-corrected chi connectivity index (χ4v) is 6.57. The third-order valence-corrected chi connectivity index (χ3v) is 8.37. The van der Waals surface area contributed by atoms with E-state index < -0.39 is 0 Å². The summed E-state index contributed by atoms with van der Waals surface area (Å²) in [7, 11) is 3.28. The molecule has 0 radical (unpaired) electrons. The van der Waals surface area contributed by atoms with Gasteiger partial charge in [-0.05, 0) is 59.7 Å². The van der Waals surface area contributed by atoms with Crippen LogP contribution in [0.2, 0.25) is 0 Å². The smallest absolute Gasteiger partial charge is 0.238 e. The van der Waals surface area contributed by atoms with E-state index >= 15 is 0 Å². The summed E-state index contributed by atoms with van der Waals surface area (Å²) in [4.78, 5) is 29.2. The van der Waals surface area contributed by atoms with E-state index in [9.17, 15) is 9.59 Å². The fourth-order valence-electron chi connectivity index (χ4n) is 4.21. The number of rotatable bonds is 6. The number of hydrogen-bond acceptors (Lipinski definition) is 6. The van der Waals surface area contributed by atoms with Gasteiger partial charge in [0.25, 0.3) is 0 Å². The van der Waals surface area contributed by atoms with Crippen molar-refractivity contribution < 1.29 is 19.1 Å². The van der Waals surface area contributed by atoms with E-state index in [1.165, 1.54) is 0 Å². The van der Waals surface area contributed by atoms with E-state index in [4.69, 9.17) is 9.47 Å². The van der Waals surface area contributed by atoms with Crippen LogP contribution in [0.15, 0.2) is 72.8 Å². The number of methoxy groups -OCH3 is 2. The van der Waals surface area contributed by atoms with Gasteiger partial charge in [-0.25, -0.2) is 0 Å². The van der Waals surface area contributed by atoms with Crippen LogP contribution in [0.3, 0.4) is 0 Å². The van der Waals surface area contributed by atoms with Gasteiger partial charge in [0, 0.05) is 11.4 Å². The molecule has 2 amide bonds. The first kappa shape index (κ1) is 22.7. The predicted octanol–water partition coefficient (Wildman–Crippen LogP) is 5.26. The van der Waals surface area contributed by atoms with E-state index in [0.717, 1.165) is 34.0 Å². The lowest BCUT2D eigenvalue weighted by Crippen LogP contribution is -2.29. The highest BCUT2D eigenvalue weighted by atomic mass is 32.2. The van der Waals surface area contributed by atoms with Crippen molar-refractivity contribution in [1.82, 2.24) is 0 Å². The Bertz CT molecular complexity index is 1090. The molecule has 2 aliphatic heterocycles. The molecule has 2 saturated heterocycles. The van der Waals surface area contributed by atoms with Crippen LogP contribution in [0, 0.1) is 0 Å². The highest BCUT2D eigenvalue weighted by molar-refractivity contribution is 8.01. The summed E-state index contributed by atoms with van der Waals surface area (Å²) in [6.07, 6.45) is 0. The van der Waals surface area contributed by atoms with Crippen molar-refractivity contribution in [2.24, 2.45) is 0 Å². The maximum absolute atomic E-state index is 12.8. The predicted molar refractivity (Wildman–Crippen MR) is 138 cm³/mol.